The quantitative estimate of drug-likeness (QED) is 0.605. The Hall–Kier alpha value is -1.67. The summed E-state index contributed by atoms with van der Waals surface area (Å²) in [4.78, 5) is 12.1. The van der Waals surface area contributed by atoms with E-state index in [1.165, 1.54) is 23.5 Å². The van der Waals surface area contributed by atoms with Crippen molar-refractivity contribution in [2.75, 3.05) is 29.5 Å². The molecule has 2 aromatic carbocycles. The lowest BCUT2D eigenvalue weighted by molar-refractivity contribution is -0.116. The molecule has 0 aliphatic heterocycles. The first-order valence-electron chi connectivity index (χ1n) is 8.18. The maximum Gasteiger partial charge on any atom is 0.232 e. The van der Waals surface area contributed by atoms with E-state index in [2.05, 4.69) is 5.32 Å². The van der Waals surface area contributed by atoms with E-state index >= 15 is 0 Å². The molecule has 0 unspecified atom stereocenters. The SMILES string of the molecule is COc1ccc(N(CCCC(=O)Nc2ccc(Cl)cc2Cl)S(C)(=O)=O)cc1Cl. The first kappa shape index (κ1) is 22.6. The Morgan fingerprint density at radius 3 is 2.39 bits per heavy atom. The fourth-order valence-corrected chi connectivity index (χ4v) is 4.15. The molecule has 0 heterocycles. The smallest absolute Gasteiger partial charge is 0.232 e. The molecule has 28 heavy (non-hydrogen) atoms. The van der Waals surface area contributed by atoms with Crippen molar-refractivity contribution < 1.29 is 17.9 Å². The van der Waals surface area contributed by atoms with Gasteiger partial charge < -0.3 is 10.1 Å². The summed E-state index contributed by atoms with van der Waals surface area (Å²) in [5.41, 5.74) is 0.840. The normalized spacial score (nSPS) is 11.2. The van der Waals surface area contributed by atoms with Crippen molar-refractivity contribution in [3.05, 3.63) is 51.5 Å². The lowest BCUT2D eigenvalue weighted by Gasteiger charge is -2.23. The minimum atomic E-state index is -3.56. The molecule has 0 bridgehead atoms. The molecule has 2 rings (SSSR count). The fourth-order valence-electron chi connectivity index (χ4n) is 2.48. The van der Waals surface area contributed by atoms with E-state index in [0.29, 0.717) is 38.6 Å². The van der Waals surface area contributed by atoms with Crippen molar-refractivity contribution in [2.45, 2.75) is 12.8 Å². The number of hydrogen-bond donors (Lipinski definition) is 1. The van der Waals surface area contributed by atoms with E-state index in [0.717, 1.165) is 6.26 Å². The Morgan fingerprint density at radius 1 is 1.11 bits per heavy atom. The molecule has 0 saturated heterocycles. The number of rotatable bonds is 8. The summed E-state index contributed by atoms with van der Waals surface area (Å²) in [5, 5.41) is 3.76. The highest BCUT2D eigenvalue weighted by Crippen LogP contribution is 2.30. The summed E-state index contributed by atoms with van der Waals surface area (Å²) in [7, 11) is -2.08. The highest BCUT2D eigenvalue weighted by atomic mass is 35.5. The lowest BCUT2D eigenvalue weighted by atomic mass is 10.2. The molecule has 1 amide bonds. The maximum atomic E-state index is 12.2. The van der Waals surface area contributed by atoms with Gasteiger partial charge in [-0.25, -0.2) is 8.42 Å². The van der Waals surface area contributed by atoms with Crippen molar-refractivity contribution in [3.8, 4) is 5.75 Å². The van der Waals surface area contributed by atoms with Crippen LogP contribution in [0.4, 0.5) is 11.4 Å². The van der Waals surface area contributed by atoms with E-state index in [1.54, 1.807) is 24.3 Å². The second-order valence-corrected chi connectivity index (χ2v) is 9.09. The molecule has 0 saturated carbocycles. The number of carbonyl (C=O) groups excluding carboxylic acids is 1. The van der Waals surface area contributed by atoms with Crippen LogP contribution < -0.4 is 14.4 Å². The third kappa shape index (κ3) is 6.17. The van der Waals surface area contributed by atoms with E-state index in [9.17, 15) is 13.2 Å². The van der Waals surface area contributed by atoms with Gasteiger partial charge in [0.15, 0.2) is 0 Å². The molecule has 0 radical (unpaired) electrons. The average Bonchev–Trinajstić information content (AvgIpc) is 2.60. The topological polar surface area (TPSA) is 75.7 Å². The monoisotopic (exact) mass is 464 g/mol. The predicted molar refractivity (Wildman–Crippen MR) is 115 cm³/mol. The molecule has 0 spiro atoms. The second-order valence-electron chi connectivity index (χ2n) is 5.93. The van der Waals surface area contributed by atoms with Crippen LogP contribution in [0.5, 0.6) is 5.75 Å². The zero-order valence-electron chi connectivity index (χ0n) is 15.2. The summed E-state index contributed by atoms with van der Waals surface area (Å²) in [6, 6.07) is 9.43. The number of ether oxygens (including phenoxy) is 1. The standard InChI is InChI=1S/C18H19Cl3N2O4S/c1-27-17-8-6-13(11-15(17)21)23(28(2,25)26)9-3-4-18(24)22-16-7-5-12(19)10-14(16)20/h5-8,10-11H,3-4,9H2,1-2H3,(H,22,24). The van der Waals surface area contributed by atoms with Crippen LogP contribution in [-0.4, -0.2) is 34.2 Å². The lowest BCUT2D eigenvalue weighted by Crippen LogP contribution is -2.31. The van der Waals surface area contributed by atoms with Gasteiger partial charge in [0.1, 0.15) is 5.75 Å². The number of anilines is 2. The highest BCUT2D eigenvalue weighted by Gasteiger charge is 2.19. The van der Waals surface area contributed by atoms with Crippen LogP contribution in [0.1, 0.15) is 12.8 Å². The molecular formula is C18H19Cl3N2O4S. The fraction of sp³-hybridized carbons (Fsp3) is 0.278. The van der Waals surface area contributed by atoms with E-state index in [1.807, 2.05) is 0 Å². The number of hydrogen-bond acceptors (Lipinski definition) is 4. The maximum absolute atomic E-state index is 12.2. The molecule has 0 aliphatic carbocycles. The van der Waals surface area contributed by atoms with Crippen molar-refractivity contribution in [3.63, 3.8) is 0 Å². The van der Waals surface area contributed by atoms with Crippen LogP contribution in [0.3, 0.4) is 0 Å². The molecular weight excluding hydrogens is 447 g/mol. The number of halogens is 3. The number of nitrogens with zero attached hydrogens (tertiary/aromatic N) is 1. The zero-order valence-corrected chi connectivity index (χ0v) is 18.3. The number of nitrogens with one attached hydrogen (secondary N) is 1. The van der Waals surface area contributed by atoms with Gasteiger partial charge in [-0.05, 0) is 42.8 Å². The third-order valence-corrected chi connectivity index (χ3v) is 5.83. The van der Waals surface area contributed by atoms with Gasteiger partial charge in [-0.1, -0.05) is 34.8 Å². The summed E-state index contributed by atoms with van der Waals surface area (Å²) in [6.07, 6.45) is 1.50. The molecule has 0 fully saturated rings. The van der Waals surface area contributed by atoms with Gasteiger partial charge in [0.05, 0.1) is 34.8 Å². The Balaban J connectivity index is 2.02. The summed E-state index contributed by atoms with van der Waals surface area (Å²) in [5.74, 6) is 0.156. The predicted octanol–water partition coefficient (Wildman–Crippen LogP) is 4.84. The van der Waals surface area contributed by atoms with Crippen molar-refractivity contribution >= 4 is 62.1 Å². The molecule has 152 valence electrons. The van der Waals surface area contributed by atoms with Crippen molar-refractivity contribution in [1.29, 1.82) is 0 Å². The Bertz CT molecular complexity index is 967. The van der Waals surface area contributed by atoms with Gasteiger partial charge in [0, 0.05) is 18.0 Å². The first-order chi connectivity index (χ1) is 13.1. The number of carbonyl (C=O) groups is 1. The number of sulfonamides is 1. The van der Waals surface area contributed by atoms with Crippen LogP contribution in [0, 0.1) is 0 Å². The summed E-state index contributed by atoms with van der Waals surface area (Å²) in [6.45, 7) is 0.114. The zero-order chi connectivity index (χ0) is 20.9. The van der Waals surface area contributed by atoms with Gasteiger partial charge in [-0.3, -0.25) is 9.10 Å². The third-order valence-electron chi connectivity index (χ3n) is 3.79. The number of methoxy groups -OCH3 is 1. The van der Waals surface area contributed by atoms with E-state index in [-0.39, 0.29) is 18.9 Å². The van der Waals surface area contributed by atoms with Crippen LogP contribution in [0.25, 0.3) is 0 Å². The molecule has 0 atom stereocenters. The molecule has 0 aromatic heterocycles. The average molecular weight is 466 g/mol. The largest absolute Gasteiger partial charge is 0.495 e. The molecule has 10 heteroatoms. The minimum absolute atomic E-state index is 0.106. The van der Waals surface area contributed by atoms with Crippen LogP contribution in [0.2, 0.25) is 15.1 Å². The highest BCUT2D eigenvalue weighted by molar-refractivity contribution is 7.92. The first-order valence-corrected chi connectivity index (χ1v) is 11.2. The number of benzene rings is 2. The van der Waals surface area contributed by atoms with Gasteiger partial charge in [-0.15, -0.1) is 0 Å². The van der Waals surface area contributed by atoms with Gasteiger partial charge in [-0.2, -0.15) is 0 Å². The summed E-state index contributed by atoms with van der Waals surface area (Å²) < 4.78 is 30.6. The minimum Gasteiger partial charge on any atom is -0.495 e. The summed E-state index contributed by atoms with van der Waals surface area (Å²) >= 11 is 17.9. The van der Waals surface area contributed by atoms with E-state index in [4.69, 9.17) is 39.5 Å². The van der Waals surface area contributed by atoms with Crippen molar-refractivity contribution in [2.24, 2.45) is 0 Å². The van der Waals surface area contributed by atoms with Crippen LogP contribution in [-0.2, 0) is 14.8 Å². The van der Waals surface area contributed by atoms with E-state index < -0.39 is 10.0 Å². The molecule has 1 N–H and O–H groups in total. The molecule has 2 aromatic rings. The van der Waals surface area contributed by atoms with Crippen LogP contribution in [0.15, 0.2) is 36.4 Å². The molecule has 0 aliphatic rings. The van der Waals surface area contributed by atoms with Gasteiger partial charge in [0.2, 0.25) is 15.9 Å². The Kier molecular flexibility index (Phi) is 7.83. The Labute approximate surface area is 179 Å². The van der Waals surface area contributed by atoms with Crippen molar-refractivity contribution in [1.82, 2.24) is 0 Å². The van der Waals surface area contributed by atoms with Crippen LogP contribution >= 0.6 is 34.8 Å². The Morgan fingerprint density at radius 2 is 1.82 bits per heavy atom. The molecule has 6 nitrogen and oxygen atoms in total. The number of amides is 1. The van der Waals surface area contributed by atoms with Gasteiger partial charge in [0.25, 0.3) is 0 Å². The second kappa shape index (κ2) is 9.69. The van der Waals surface area contributed by atoms with Gasteiger partial charge >= 0.3 is 0 Å².